The molecule has 114 valence electrons. The van der Waals surface area contributed by atoms with Crippen molar-refractivity contribution >= 4 is 5.82 Å². The van der Waals surface area contributed by atoms with Crippen molar-refractivity contribution in [1.29, 1.82) is 0 Å². The van der Waals surface area contributed by atoms with Crippen molar-refractivity contribution in [2.45, 2.75) is 32.2 Å². The highest BCUT2D eigenvalue weighted by Crippen LogP contribution is 2.31. The summed E-state index contributed by atoms with van der Waals surface area (Å²) in [5, 5.41) is 3.50. The lowest BCUT2D eigenvalue weighted by Gasteiger charge is -2.30. The lowest BCUT2D eigenvalue weighted by Crippen LogP contribution is -2.32. The number of nitrogens with zero attached hydrogens (tertiary/aromatic N) is 2. The lowest BCUT2D eigenvalue weighted by atomic mass is 9.95. The first-order chi connectivity index (χ1) is 10.9. The second kappa shape index (κ2) is 6.09. The van der Waals surface area contributed by atoms with Crippen LogP contribution in [0.2, 0.25) is 0 Å². The van der Waals surface area contributed by atoms with Crippen molar-refractivity contribution in [1.82, 2.24) is 10.3 Å². The third-order valence-corrected chi connectivity index (χ3v) is 4.80. The van der Waals surface area contributed by atoms with Gasteiger partial charge in [-0.15, -0.1) is 0 Å². The molecule has 0 spiro atoms. The largest absolute Gasteiger partial charge is 0.357 e. The van der Waals surface area contributed by atoms with Crippen LogP contribution in [-0.4, -0.2) is 24.6 Å². The zero-order valence-electron chi connectivity index (χ0n) is 13.0. The van der Waals surface area contributed by atoms with E-state index < -0.39 is 0 Å². The van der Waals surface area contributed by atoms with Crippen LogP contribution in [0.15, 0.2) is 36.4 Å². The first-order valence-corrected chi connectivity index (χ1v) is 8.46. The molecule has 0 radical (unpaired) electrons. The van der Waals surface area contributed by atoms with Gasteiger partial charge in [0.25, 0.3) is 0 Å². The molecule has 0 amide bonds. The molecule has 1 aromatic carbocycles. The number of anilines is 1. The Labute approximate surface area is 132 Å². The van der Waals surface area contributed by atoms with Gasteiger partial charge in [0.15, 0.2) is 0 Å². The van der Waals surface area contributed by atoms with E-state index in [0.29, 0.717) is 0 Å². The fourth-order valence-corrected chi connectivity index (χ4v) is 3.59. The molecule has 1 fully saturated rings. The molecule has 22 heavy (non-hydrogen) atoms. The summed E-state index contributed by atoms with van der Waals surface area (Å²) in [6.45, 7) is 4.28. The summed E-state index contributed by atoms with van der Waals surface area (Å²) in [6, 6.07) is 13.1. The average Bonchev–Trinajstić information content (AvgIpc) is 2.62. The number of nitrogens with one attached hydrogen (secondary N) is 1. The van der Waals surface area contributed by atoms with Crippen molar-refractivity contribution in [3.05, 3.63) is 47.7 Å². The van der Waals surface area contributed by atoms with E-state index in [-0.39, 0.29) is 0 Å². The maximum Gasteiger partial charge on any atom is 0.129 e. The highest BCUT2D eigenvalue weighted by Gasteiger charge is 2.20. The van der Waals surface area contributed by atoms with Crippen LogP contribution in [0.25, 0.3) is 11.1 Å². The van der Waals surface area contributed by atoms with E-state index in [0.717, 1.165) is 32.6 Å². The van der Waals surface area contributed by atoms with Crippen molar-refractivity contribution in [3.8, 4) is 11.1 Å². The second-order valence-corrected chi connectivity index (χ2v) is 6.29. The Morgan fingerprint density at radius 3 is 2.64 bits per heavy atom. The molecule has 4 rings (SSSR count). The molecule has 0 atom stereocenters. The number of hydrogen-bond acceptors (Lipinski definition) is 3. The molecule has 1 N–H and O–H groups in total. The van der Waals surface area contributed by atoms with Gasteiger partial charge >= 0.3 is 0 Å². The summed E-state index contributed by atoms with van der Waals surface area (Å²) >= 11 is 0. The van der Waals surface area contributed by atoms with E-state index in [1.54, 1.807) is 0 Å². The van der Waals surface area contributed by atoms with Gasteiger partial charge in [0.05, 0.1) is 0 Å². The van der Waals surface area contributed by atoms with Crippen LogP contribution in [0.4, 0.5) is 5.82 Å². The second-order valence-electron chi connectivity index (χ2n) is 6.29. The summed E-state index contributed by atoms with van der Waals surface area (Å²) in [5.74, 6) is 1.18. The maximum atomic E-state index is 5.01. The molecule has 1 saturated heterocycles. The van der Waals surface area contributed by atoms with Gasteiger partial charge in [-0.05, 0) is 42.0 Å². The molecule has 0 unspecified atom stereocenters. The smallest absolute Gasteiger partial charge is 0.129 e. The van der Waals surface area contributed by atoms with Crippen LogP contribution in [-0.2, 0) is 13.0 Å². The fraction of sp³-hybridized carbons (Fsp3) is 0.421. The molecule has 3 heteroatoms. The molecular weight excluding hydrogens is 270 g/mol. The minimum atomic E-state index is 0.937. The predicted molar refractivity (Wildman–Crippen MR) is 91.1 cm³/mol. The Kier molecular flexibility index (Phi) is 3.81. The zero-order valence-corrected chi connectivity index (χ0v) is 13.0. The van der Waals surface area contributed by atoms with Gasteiger partial charge in [0, 0.05) is 38.3 Å². The van der Waals surface area contributed by atoms with Crippen LogP contribution >= 0.6 is 0 Å². The van der Waals surface area contributed by atoms with Gasteiger partial charge in [-0.2, -0.15) is 0 Å². The molecule has 3 nitrogen and oxygen atoms in total. The van der Waals surface area contributed by atoms with Crippen LogP contribution in [0.5, 0.6) is 0 Å². The lowest BCUT2D eigenvalue weighted by molar-refractivity contribution is 0.570. The number of piperidine rings is 1. The fourth-order valence-electron chi connectivity index (χ4n) is 3.59. The number of rotatable bonds is 2. The van der Waals surface area contributed by atoms with E-state index in [2.05, 4.69) is 46.6 Å². The van der Waals surface area contributed by atoms with Crippen LogP contribution < -0.4 is 10.2 Å². The number of aromatic nitrogens is 1. The molecule has 2 aliphatic heterocycles. The Morgan fingerprint density at radius 1 is 1.00 bits per heavy atom. The van der Waals surface area contributed by atoms with Gasteiger partial charge in [-0.25, -0.2) is 4.98 Å². The SMILES string of the molecule is c1ccc(-c2cc(N3CCCCC3)nc3c2CNCC3)cc1. The molecule has 3 heterocycles. The summed E-state index contributed by atoms with van der Waals surface area (Å²) in [6.07, 6.45) is 4.98. The van der Waals surface area contributed by atoms with Crippen molar-refractivity contribution < 1.29 is 0 Å². The van der Waals surface area contributed by atoms with E-state index in [9.17, 15) is 0 Å². The van der Waals surface area contributed by atoms with Crippen molar-refractivity contribution in [2.75, 3.05) is 24.5 Å². The molecule has 2 aliphatic rings. The minimum Gasteiger partial charge on any atom is -0.357 e. The minimum absolute atomic E-state index is 0.937. The van der Waals surface area contributed by atoms with Gasteiger partial charge in [-0.3, -0.25) is 0 Å². The molecule has 1 aromatic heterocycles. The zero-order chi connectivity index (χ0) is 14.8. The molecular formula is C19H23N3. The molecule has 0 bridgehead atoms. The average molecular weight is 293 g/mol. The van der Waals surface area contributed by atoms with Gasteiger partial charge in [-0.1, -0.05) is 30.3 Å². The monoisotopic (exact) mass is 293 g/mol. The Hall–Kier alpha value is -1.87. The van der Waals surface area contributed by atoms with Gasteiger partial charge in [0.2, 0.25) is 0 Å². The number of benzene rings is 1. The third kappa shape index (κ3) is 2.61. The first kappa shape index (κ1) is 13.8. The summed E-state index contributed by atoms with van der Waals surface area (Å²) in [4.78, 5) is 7.48. The Bertz CT molecular complexity index is 645. The first-order valence-electron chi connectivity index (χ1n) is 8.46. The van der Waals surface area contributed by atoms with E-state index >= 15 is 0 Å². The van der Waals surface area contributed by atoms with E-state index in [4.69, 9.17) is 4.98 Å². The number of fused-ring (bicyclic) bond motifs is 1. The highest BCUT2D eigenvalue weighted by molar-refractivity contribution is 5.72. The van der Waals surface area contributed by atoms with Crippen molar-refractivity contribution in [2.24, 2.45) is 0 Å². The molecule has 0 aliphatic carbocycles. The van der Waals surface area contributed by atoms with Crippen molar-refractivity contribution in [3.63, 3.8) is 0 Å². The van der Waals surface area contributed by atoms with Crippen LogP contribution in [0.1, 0.15) is 30.5 Å². The van der Waals surface area contributed by atoms with Gasteiger partial charge < -0.3 is 10.2 Å². The summed E-state index contributed by atoms with van der Waals surface area (Å²) in [7, 11) is 0. The Morgan fingerprint density at radius 2 is 1.82 bits per heavy atom. The quantitative estimate of drug-likeness (QED) is 0.920. The Balaban J connectivity index is 1.81. The predicted octanol–water partition coefficient (Wildman–Crippen LogP) is 3.38. The molecule has 2 aromatic rings. The van der Waals surface area contributed by atoms with Crippen LogP contribution in [0, 0.1) is 0 Å². The van der Waals surface area contributed by atoms with Gasteiger partial charge in [0.1, 0.15) is 5.82 Å². The van der Waals surface area contributed by atoms with E-state index in [1.165, 1.54) is 47.5 Å². The van der Waals surface area contributed by atoms with Crippen LogP contribution in [0.3, 0.4) is 0 Å². The number of hydrogen-bond donors (Lipinski definition) is 1. The maximum absolute atomic E-state index is 5.01. The summed E-state index contributed by atoms with van der Waals surface area (Å²) in [5.41, 5.74) is 5.35. The topological polar surface area (TPSA) is 28.2 Å². The number of pyridine rings is 1. The highest BCUT2D eigenvalue weighted by atomic mass is 15.2. The third-order valence-electron chi connectivity index (χ3n) is 4.80. The normalized spacial score (nSPS) is 18.1. The standard InChI is InChI=1S/C19H23N3/c1-3-7-15(8-4-1)16-13-19(22-11-5-2-6-12-22)21-18-9-10-20-14-17(16)18/h1,3-4,7-8,13,20H,2,5-6,9-12,14H2. The summed E-state index contributed by atoms with van der Waals surface area (Å²) < 4.78 is 0. The molecule has 0 saturated carbocycles. The van der Waals surface area contributed by atoms with E-state index in [1.807, 2.05) is 0 Å².